The summed E-state index contributed by atoms with van der Waals surface area (Å²) in [6.07, 6.45) is 1.51. The lowest BCUT2D eigenvalue weighted by molar-refractivity contribution is 0.397. The van der Waals surface area contributed by atoms with E-state index in [-0.39, 0.29) is 0 Å². The number of hydrogen-bond donors (Lipinski definition) is 1. The van der Waals surface area contributed by atoms with Crippen molar-refractivity contribution in [2.75, 3.05) is 7.11 Å². The Morgan fingerprint density at radius 2 is 2.13 bits per heavy atom. The Morgan fingerprint density at radius 1 is 1.27 bits per heavy atom. The molecule has 0 fully saturated rings. The van der Waals surface area contributed by atoms with Crippen LogP contribution < -0.4 is 10.5 Å². The second-order valence-corrected chi connectivity index (χ2v) is 3.20. The van der Waals surface area contributed by atoms with E-state index in [9.17, 15) is 0 Å². The molecule has 0 radical (unpaired) electrons. The number of nitrogens with two attached hydrogens (primary N) is 1. The maximum absolute atomic E-state index is 5.53. The van der Waals surface area contributed by atoms with Gasteiger partial charge in [-0.05, 0) is 6.07 Å². The van der Waals surface area contributed by atoms with Gasteiger partial charge in [0.25, 0.3) is 0 Å². The zero-order valence-corrected chi connectivity index (χ0v) is 8.47. The van der Waals surface area contributed by atoms with Crippen LogP contribution >= 0.6 is 0 Å². The van der Waals surface area contributed by atoms with E-state index in [1.54, 1.807) is 13.2 Å². The third-order valence-electron chi connectivity index (χ3n) is 2.15. The number of ether oxygens (including phenoxy) is 1. The minimum atomic E-state index is 0.571. The normalized spacial score (nSPS) is 15.5. The van der Waals surface area contributed by atoms with Gasteiger partial charge in [-0.3, -0.25) is 0 Å². The van der Waals surface area contributed by atoms with Gasteiger partial charge in [0.1, 0.15) is 5.84 Å². The second kappa shape index (κ2) is 4.08. The Balaban J connectivity index is 2.30. The highest BCUT2D eigenvalue weighted by Gasteiger charge is 2.11. The van der Waals surface area contributed by atoms with Gasteiger partial charge in [0.2, 0.25) is 5.88 Å². The van der Waals surface area contributed by atoms with E-state index in [0.717, 1.165) is 24.2 Å². The summed E-state index contributed by atoms with van der Waals surface area (Å²) >= 11 is 0. The van der Waals surface area contributed by atoms with Crippen molar-refractivity contribution in [3.05, 3.63) is 23.9 Å². The van der Waals surface area contributed by atoms with Gasteiger partial charge in [0.05, 0.1) is 18.5 Å². The fourth-order valence-corrected chi connectivity index (χ4v) is 1.34. The first kappa shape index (κ1) is 9.64. The van der Waals surface area contributed by atoms with E-state index in [0.29, 0.717) is 11.7 Å². The maximum atomic E-state index is 5.53. The average Bonchev–Trinajstić information content (AvgIpc) is 2.30. The largest absolute Gasteiger partial charge is 0.481 e. The molecule has 0 spiro atoms. The molecule has 2 rings (SSSR count). The lowest BCUT2D eigenvalue weighted by atomic mass is 10.1. The van der Waals surface area contributed by atoms with E-state index < -0.39 is 0 Å². The lowest BCUT2D eigenvalue weighted by Crippen LogP contribution is -2.18. The highest BCUT2D eigenvalue weighted by Crippen LogP contribution is 2.12. The number of hydrogen-bond acceptors (Lipinski definition) is 5. The number of pyridine rings is 1. The van der Waals surface area contributed by atoms with Crippen molar-refractivity contribution < 1.29 is 4.74 Å². The fourth-order valence-electron chi connectivity index (χ4n) is 1.34. The molecule has 2 N–H and O–H groups in total. The number of aromatic nitrogens is 1. The summed E-state index contributed by atoms with van der Waals surface area (Å²) in [5.41, 5.74) is 7.18. The Labute approximate surface area is 87.7 Å². The first-order chi connectivity index (χ1) is 7.29. The molecule has 0 amide bonds. The summed E-state index contributed by atoms with van der Waals surface area (Å²) in [6.45, 7) is 0. The Kier molecular flexibility index (Phi) is 2.62. The van der Waals surface area contributed by atoms with Crippen molar-refractivity contribution in [3.8, 4) is 5.88 Å². The first-order valence-corrected chi connectivity index (χ1v) is 4.70. The molecule has 1 aliphatic rings. The molecule has 0 aromatic carbocycles. The Bertz CT molecular complexity index is 425. The number of amidine groups is 1. The van der Waals surface area contributed by atoms with Crippen LogP contribution in [0.25, 0.3) is 0 Å². The lowest BCUT2D eigenvalue weighted by Gasteiger charge is -2.09. The van der Waals surface area contributed by atoms with Gasteiger partial charge >= 0.3 is 0 Å². The van der Waals surface area contributed by atoms with Gasteiger partial charge in [0.15, 0.2) is 0 Å². The van der Waals surface area contributed by atoms with Crippen LogP contribution in [0.3, 0.4) is 0 Å². The zero-order chi connectivity index (χ0) is 10.7. The Hall–Kier alpha value is -1.91. The molecule has 78 valence electrons. The van der Waals surface area contributed by atoms with E-state index in [1.165, 1.54) is 0 Å². The molecule has 0 saturated carbocycles. The van der Waals surface area contributed by atoms with E-state index in [4.69, 9.17) is 10.5 Å². The summed E-state index contributed by atoms with van der Waals surface area (Å²) in [4.78, 5) is 4.28. The molecule has 0 atom stereocenters. The monoisotopic (exact) mass is 204 g/mol. The molecule has 0 aliphatic carbocycles. The van der Waals surface area contributed by atoms with E-state index in [2.05, 4.69) is 15.2 Å². The predicted molar refractivity (Wildman–Crippen MR) is 58.2 cm³/mol. The van der Waals surface area contributed by atoms with E-state index >= 15 is 0 Å². The Morgan fingerprint density at radius 3 is 2.80 bits per heavy atom. The first-order valence-electron chi connectivity index (χ1n) is 4.70. The van der Waals surface area contributed by atoms with Crippen LogP contribution in [-0.2, 0) is 0 Å². The molecule has 1 aliphatic heterocycles. The molecule has 5 nitrogen and oxygen atoms in total. The van der Waals surface area contributed by atoms with Crippen molar-refractivity contribution in [1.29, 1.82) is 0 Å². The van der Waals surface area contributed by atoms with Crippen molar-refractivity contribution in [2.45, 2.75) is 12.8 Å². The molecular formula is C10H12N4O. The standard InChI is InChI=1S/C10H12N4O/c1-15-10-4-2-3-7(12-10)8-5-6-9(11)14-13-8/h2-4H,5-6H2,1H3,(H2,11,14). The zero-order valence-electron chi connectivity index (χ0n) is 8.47. The third kappa shape index (κ3) is 2.12. The van der Waals surface area contributed by atoms with Gasteiger partial charge in [-0.15, -0.1) is 5.10 Å². The van der Waals surface area contributed by atoms with Crippen molar-refractivity contribution >= 4 is 11.5 Å². The van der Waals surface area contributed by atoms with Gasteiger partial charge in [0, 0.05) is 18.9 Å². The fraction of sp³-hybridized carbons (Fsp3) is 0.300. The van der Waals surface area contributed by atoms with Gasteiger partial charge in [-0.1, -0.05) is 6.07 Å². The molecular weight excluding hydrogens is 192 g/mol. The number of methoxy groups -OCH3 is 1. The second-order valence-electron chi connectivity index (χ2n) is 3.20. The highest BCUT2D eigenvalue weighted by molar-refractivity contribution is 6.02. The van der Waals surface area contributed by atoms with Crippen LogP contribution in [0.15, 0.2) is 28.4 Å². The van der Waals surface area contributed by atoms with Crippen LogP contribution in [-0.4, -0.2) is 23.6 Å². The minimum absolute atomic E-state index is 0.571. The van der Waals surface area contributed by atoms with Crippen molar-refractivity contribution in [2.24, 2.45) is 15.9 Å². The van der Waals surface area contributed by atoms with Crippen LogP contribution in [0, 0.1) is 0 Å². The molecule has 2 heterocycles. The van der Waals surface area contributed by atoms with Crippen LogP contribution in [0.2, 0.25) is 0 Å². The molecule has 0 unspecified atom stereocenters. The highest BCUT2D eigenvalue weighted by atomic mass is 16.5. The number of rotatable bonds is 2. The van der Waals surface area contributed by atoms with Crippen molar-refractivity contribution in [1.82, 2.24) is 4.98 Å². The van der Waals surface area contributed by atoms with Crippen molar-refractivity contribution in [3.63, 3.8) is 0 Å². The van der Waals surface area contributed by atoms with Gasteiger partial charge in [-0.2, -0.15) is 5.10 Å². The molecule has 1 aromatic heterocycles. The average molecular weight is 204 g/mol. The molecule has 1 aromatic rings. The topological polar surface area (TPSA) is 72.9 Å². The summed E-state index contributed by atoms with van der Waals surface area (Å²) in [5, 5.41) is 7.86. The summed E-state index contributed by atoms with van der Waals surface area (Å²) in [5.74, 6) is 1.15. The molecule has 0 bridgehead atoms. The summed E-state index contributed by atoms with van der Waals surface area (Å²) in [6, 6.07) is 5.56. The number of nitrogens with zero attached hydrogens (tertiary/aromatic N) is 3. The maximum Gasteiger partial charge on any atom is 0.213 e. The predicted octanol–water partition coefficient (Wildman–Crippen LogP) is 0.945. The van der Waals surface area contributed by atoms with Gasteiger partial charge in [-0.25, -0.2) is 4.98 Å². The third-order valence-corrected chi connectivity index (χ3v) is 2.15. The molecule has 15 heavy (non-hydrogen) atoms. The van der Waals surface area contributed by atoms with E-state index in [1.807, 2.05) is 12.1 Å². The smallest absolute Gasteiger partial charge is 0.213 e. The summed E-state index contributed by atoms with van der Waals surface area (Å²) in [7, 11) is 1.59. The van der Waals surface area contributed by atoms with Crippen LogP contribution in [0.4, 0.5) is 0 Å². The SMILES string of the molecule is COc1cccc(C2=NN=C(N)CC2)n1. The molecule has 0 saturated heterocycles. The summed E-state index contributed by atoms with van der Waals surface area (Å²) < 4.78 is 5.04. The van der Waals surface area contributed by atoms with Crippen LogP contribution in [0.5, 0.6) is 5.88 Å². The van der Waals surface area contributed by atoms with Crippen LogP contribution in [0.1, 0.15) is 18.5 Å². The minimum Gasteiger partial charge on any atom is -0.481 e. The molecule has 5 heteroatoms. The quantitative estimate of drug-likeness (QED) is 0.779. The van der Waals surface area contributed by atoms with Gasteiger partial charge < -0.3 is 10.5 Å².